The van der Waals surface area contributed by atoms with Gasteiger partial charge >= 0.3 is 1390 Å². The minimum atomic E-state index is 0. The summed E-state index contributed by atoms with van der Waals surface area (Å²) in [6.07, 6.45) is 0. The summed E-state index contributed by atoms with van der Waals surface area (Å²) < 4.78 is 0. The standard InChI is InChI=1S/80Al.8H2O/h;;;;;;;;;;;;;;;;;;;;;;;;;;;;;;;;;;;;;;;;;;;;;;;;;;;;;;;;;;;;;;;;;;;;;;;;;;;;;;;;8*1H2/q80*+3;;;;;;;;. The second-order valence-electron chi connectivity index (χ2n) is 0. The molecule has 0 fully saturated rings. The minimum absolute atomic E-state index is 0. The van der Waals surface area contributed by atoms with Crippen molar-refractivity contribution in [2.45, 2.75) is 0 Å². The van der Waals surface area contributed by atoms with Gasteiger partial charge in [-0.05, 0) is 0 Å². The van der Waals surface area contributed by atoms with Crippen molar-refractivity contribution in [2.24, 2.45) is 0 Å². The summed E-state index contributed by atoms with van der Waals surface area (Å²) in [5, 5.41) is 0. The van der Waals surface area contributed by atoms with E-state index in [1.165, 1.54) is 0 Å². The summed E-state index contributed by atoms with van der Waals surface area (Å²) in [7, 11) is 0. The predicted octanol–water partition coefficient (Wildman–Crippen LogP) is -37.1. The van der Waals surface area contributed by atoms with Crippen molar-refractivity contribution in [2.75, 3.05) is 0 Å². The first-order valence-electron chi connectivity index (χ1n) is 0. The van der Waals surface area contributed by atoms with Crippen LogP contribution >= 0.6 is 0 Å². The van der Waals surface area contributed by atoms with E-state index >= 15 is 0 Å². The molecule has 0 saturated carbocycles. The molecule has 0 aromatic rings. The molecule has 64 valence electrons. The maximum atomic E-state index is 0. The summed E-state index contributed by atoms with van der Waals surface area (Å²) >= 11 is 0. The van der Waals surface area contributed by atoms with Gasteiger partial charge in [0.25, 0.3) is 0 Å². The minimum Gasteiger partial charge on any atom is -0.412 e. The van der Waals surface area contributed by atoms with Gasteiger partial charge in [0, 0.05) is 0 Å². The van der Waals surface area contributed by atoms with Crippen LogP contribution in [0.4, 0.5) is 0 Å². The number of rotatable bonds is 0. The molecule has 8 nitrogen and oxygen atoms in total. The fourth-order valence-corrected chi connectivity index (χ4v) is 0. The fraction of sp³-hybridized carbons (Fsp3) is 0. The van der Waals surface area contributed by atoms with Crippen molar-refractivity contribution in [3.05, 3.63) is 0 Å². The van der Waals surface area contributed by atoms with Crippen LogP contribution in [0.1, 0.15) is 0 Å². The normalized spacial score (nSPS) is 0. The zero-order valence-electron chi connectivity index (χ0n) is 50.2. The monoisotopic (exact) mass is 2300 g/mol. The summed E-state index contributed by atoms with van der Waals surface area (Å²) in [4.78, 5) is 0. The Kier molecular flexibility index (Phi) is 16500. The maximum absolute atomic E-state index is 0. The van der Waals surface area contributed by atoms with Crippen molar-refractivity contribution in [3.8, 4) is 0 Å². The molecule has 0 rings (SSSR count). The van der Waals surface area contributed by atoms with Gasteiger partial charge in [-0.1, -0.05) is 0 Å². The molecule has 0 aliphatic heterocycles. The molecule has 16 N–H and O–H groups in total. The Bertz CT molecular complexity index is 38.7. The van der Waals surface area contributed by atoms with Crippen LogP contribution in [0.2, 0.25) is 0 Å². The van der Waals surface area contributed by atoms with Gasteiger partial charge in [-0.2, -0.15) is 0 Å². The average molecular weight is 2300 g/mol. The first kappa shape index (κ1) is 1220. The molecule has 0 bridgehead atoms. The van der Waals surface area contributed by atoms with Gasteiger partial charge in [0.2, 0.25) is 0 Å². The van der Waals surface area contributed by atoms with E-state index in [0.717, 1.165) is 0 Å². The molecule has 0 aromatic carbocycles. The Labute approximate surface area is 1400 Å². The molecule has 0 saturated heterocycles. The Morgan fingerprint density at radius 3 is 0.0227 bits per heavy atom. The fourth-order valence-electron chi connectivity index (χ4n) is 0. The third-order valence-corrected chi connectivity index (χ3v) is 0. The third kappa shape index (κ3) is 1160. The Hall–Kier alpha value is 42.3. The molecule has 0 atom stereocenters. The van der Waals surface area contributed by atoms with Gasteiger partial charge in [-0.15, -0.1) is 0 Å². The molecule has 0 amide bonds. The molecule has 0 aromatic heterocycles. The molecule has 0 aliphatic carbocycles. The largest absolute Gasteiger partial charge is 3.00 e. The first-order valence-corrected chi connectivity index (χ1v) is 0. The maximum Gasteiger partial charge on any atom is 3.00 e. The van der Waals surface area contributed by atoms with Crippen molar-refractivity contribution in [1.29, 1.82) is 0 Å². The summed E-state index contributed by atoms with van der Waals surface area (Å²) in [6, 6.07) is 0. The average Bonchev–Trinajstić information content (AvgIpc) is 0. The summed E-state index contributed by atoms with van der Waals surface area (Å²) in [5.74, 6) is 0. The number of hydrogen-bond donors (Lipinski definition) is 0. The first-order chi connectivity index (χ1) is 0. The molecule has 88 heteroatoms. The van der Waals surface area contributed by atoms with Crippen molar-refractivity contribution < 1.29 is 43.8 Å². The van der Waals surface area contributed by atoms with Crippen LogP contribution in [-0.4, -0.2) is 1430 Å². The van der Waals surface area contributed by atoms with Crippen LogP contribution in [0.3, 0.4) is 0 Å². The molecular weight excluding hydrogens is 2290 g/mol. The van der Waals surface area contributed by atoms with Crippen molar-refractivity contribution in [3.63, 3.8) is 0 Å². The van der Waals surface area contributed by atoms with E-state index in [1.54, 1.807) is 0 Å². The molecule has 0 spiro atoms. The second-order valence-corrected chi connectivity index (χ2v) is 0. The van der Waals surface area contributed by atoms with E-state index in [2.05, 4.69) is 0 Å². The van der Waals surface area contributed by atoms with Gasteiger partial charge < -0.3 is 43.8 Å². The topological polar surface area (TPSA) is 252 Å². The zero-order valence-corrected chi connectivity index (χ0v) is 143. The molecular formula is H16Al80O8+240. The van der Waals surface area contributed by atoms with E-state index in [4.69, 9.17) is 0 Å². The molecule has 0 unspecified atom stereocenters. The van der Waals surface area contributed by atoms with Crippen LogP contribution in [0.25, 0.3) is 0 Å². The molecule has 0 heterocycles. The zero-order chi connectivity index (χ0) is 0. The van der Waals surface area contributed by atoms with E-state index in [-0.39, 0.29) is 1430 Å². The Morgan fingerprint density at radius 1 is 0.0227 bits per heavy atom. The van der Waals surface area contributed by atoms with Crippen LogP contribution in [-0.2, 0) is 0 Å². The molecule has 0 aliphatic rings. The van der Waals surface area contributed by atoms with Gasteiger partial charge in [-0.25, -0.2) is 0 Å². The third-order valence-electron chi connectivity index (χ3n) is 0. The number of hydrogen-bond acceptors (Lipinski definition) is 0. The second kappa shape index (κ2) is 1190. The van der Waals surface area contributed by atoms with E-state index in [0.29, 0.717) is 0 Å². The van der Waals surface area contributed by atoms with Crippen LogP contribution < -0.4 is 0 Å². The quantitative estimate of drug-likeness (QED) is 0.205. The van der Waals surface area contributed by atoms with Gasteiger partial charge in [0.1, 0.15) is 0 Å². The Balaban J connectivity index is 0. The molecule has 0 radical (unpaired) electrons. The Morgan fingerprint density at radius 2 is 0.0227 bits per heavy atom. The summed E-state index contributed by atoms with van der Waals surface area (Å²) in [6.45, 7) is 0. The molecule has 88 heavy (non-hydrogen) atoms. The van der Waals surface area contributed by atoms with E-state index < -0.39 is 0 Å². The van der Waals surface area contributed by atoms with Gasteiger partial charge in [-0.3, -0.25) is 0 Å². The van der Waals surface area contributed by atoms with Crippen LogP contribution in [0, 0.1) is 0 Å². The van der Waals surface area contributed by atoms with E-state index in [1.807, 2.05) is 0 Å². The predicted molar refractivity (Wildman–Crippen MR) is 489 cm³/mol. The summed E-state index contributed by atoms with van der Waals surface area (Å²) in [5.41, 5.74) is 0. The van der Waals surface area contributed by atoms with Crippen molar-refractivity contribution >= 4 is 1390 Å². The van der Waals surface area contributed by atoms with Gasteiger partial charge in [0.15, 0.2) is 0 Å². The van der Waals surface area contributed by atoms with Crippen LogP contribution in [0.15, 0.2) is 0 Å². The smallest absolute Gasteiger partial charge is 0.412 e. The van der Waals surface area contributed by atoms with Crippen molar-refractivity contribution in [1.82, 2.24) is 0 Å². The van der Waals surface area contributed by atoms with E-state index in [9.17, 15) is 0 Å². The SMILES string of the molecule is O.O.O.O.O.O.O.O.[Al+3].[Al+3].[Al+3].[Al+3].[Al+3].[Al+3].[Al+3].[Al+3].[Al+3].[Al+3].[Al+3].[Al+3].[Al+3].[Al+3].[Al+3].[Al+3].[Al+3].[Al+3].[Al+3].[Al+3].[Al+3].[Al+3].[Al+3].[Al+3].[Al+3].[Al+3].[Al+3].[Al+3].[Al+3].[Al+3].[Al+3].[Al+3].[Al+3].[Al+3].[Al+3].[Al+3].[Al+3].[Al+3].[Al+3].[Al+3].[Al+3].[Al+3].[Al+3].[Al+3].[Al+3].[Al+3].[Al+3].[Al+3].[Al+3].[Al+3].[Al+3].[Al+3].[Al+3].[Al+3].[Al+3].[Al+3].[Al+3].[Al+3].[Al+3].[Al+3].[Al+3].[Al+3].[Al+3].[Al+3].[Al+3].[Al+3].[Al+3].[Al+3].[Al+3].[Al+3].[Al+3].[Al+3].[Al+3].[Al+3].[Al+3].[Al+3].[Al+3].[Al+3].[Al+3].[Al+3]. The van der Waals surface area contributed by atoms with Gasteiger partial charge in [0.05, 0.1) is 0 Å². The van der Waals surface area contributed by atoms with Crippen LogP contribution in [0.5, 0.6) is 0 Å².